The third-order valence-electron chi connectivity index (χ3n) is 4.62. The number of rotatable bonds is 6. The predicted molar refractivity (Wildman–Crippen MR) is 112 cm³/mol. The zero-order valence-electron chi connectivity index (χ0n) is 16.3. The Balaban J connectivity index is 1.85. The summed E-state index contributed by atoms with van der Waals surface area (Å²) in [5.74, 6) is -0.689. The van der Waals surface area contributed by atoms with Gasteiger partial charge in [0.2, 0.25) is 10.9 Å². The number of nitrogens with zero attached hydrogens (tertiary/aromatic N) is 3. The van der Waals surface area contributed by atoms with Crippen LogP contribution < -0.4 is 9.64 Å². The molecular formula is C20H17N3O5S2. The van der Waals surface area contributed by atoms with Crippen LogP contribution in [0.1, 0.15) is 27.9 Å². The van der Waals surface area contributed by atoms with Crippen LogP contribution in [-0.2, 0) is 4.79 Å². The Morgan fingerprint density at radius 1 is 1.23 bits per heavy atom. The first-order chi connectivity index (χ1) is 14.4. The number of hydrogen-bond donors (Lipinski definition) is 1. The van der Waals surface area contributed by atoms with Gasteiger partial charge in [0, 0.05) is 0 Å². The largest absolute Gasteiger partial charge is 0.503 e. The van der Waals surface area contributed by atoms with Gasteiger partial charge in [0.1, 0.15) is 11.5 Å². The lowest BCUT2D eigenvalue weighted by Crippen LogP contribution is -2.31. The van der Waals surface area contributed by atoms with Crippen molar-refractivity contribution < 1.29 is 23.8 Å². The lowest BCUT2D eigenvalue weighted by atomic mass is 9.95. The van der Waals surface area contributed by atoms with E-state index in [0.29, 0.717) is 21.4 Å². The average molecular weight is 444 g/mol. The van der Waals surface area contributed by atoms with Crippen molar-refractivity contribution in [1.29, 1.82) is 0 Å². The van der Waals surface area contributed by atoms with Crippen LogP contribution in [0.15, 0.2) is 56.5 Å². The van der Waals surface area contributed by atoms with E-state index in [-0.39, 0.29) is 16.5 Å². The molecule has 0 aliphatic carbocycles. The molecule has 1 aliphatic rings. The van der Waals surface area contributed by atoms with E-state index in [1.54, 1.807) is 44.4 Å². The highest BCUT2D eigenvalue weighted by atomic mass is 32.2. The van der Waals surface area contributed by atoms with Crippen molar-refractivity contribution in [3.8, 4) is 5.75 Å². The fourth-order valence-corrected chi connectivity index (χ4v) is 4.49. The van der Waals surface area contributed by atoms with Gasteiger partial charge in [0.15, 0.2) is 15.9 Å². The standard InChI is InChI=1S/C20H17N3O5S2/c1-10-4-9-13(28-10)16(24)14-15(11-5-7-12(27-2)8-6-11)23(18(26)17(14)25)19-21-22-20(29-3)30-19/h4-9,15,25H,1-3H3/t15-/m1/s1. The monoisotopic (exact) mass is 443 g/mol. The molecule has 0 unspecified atom stereocenters. The number of aliphatic hydroxyl groups excluding tert-OH is 1. The Labute approximate surface area is 180 Å². The molecule has 1 amide bonds. The van der Waals surface area contributed by atoms with Gasteiger partial charge in [0.05, 0.1) is 18.7 Å². The quantitative estimate of drug-likeness (QED) is 0.347. The number of Topliss-reactive ketones (excluding diaryl/α,β-unsaturated/α-hetero) is 1. The molecule has 1 N–H and O–H groups in total. The van der Waals surface area contributed by atoms with Crippen molar-refractivity contribution in [2.75, 3.05) is 18.3 Å². The molecule has 0 saturated carbocycles. The molecule has 0 bridgehead atoms. The summed E-state index contributed by atoms with van der Waals surface area (Å²) in [6.07, 6.45) is 1.85. The summed E-state index contributed by atoms with van der Waals surface area (Å²) in [4.78, 5) is 27.5. The number of amides is 1. The van der Waals surface area contributed by atoms with Crippen LogP contribution in [0.25, 0.3) is 0 Å². The lowest BCUT2D eigenvalue weighted by Gasteiger charge is -2.24. The lowest BCUT2D eigenvalue weighted by molar-refractivity contribution is -0.117. The number of aryl methyl sites for hydroxylation is 1. The minimum atomic E-state index is -0.885. The van der Waals surface area contributed by atoms with Gasteiger partial charge >= 0.3 is 0 Å². The molecule has 0 spiro atoms. The summed E-state index contributed by atoms with van der Waals surface area (Å²) in [5, 5.41) is 19.1. The van der Waals surface area contributed by atoms with Gasteiger partial charge in [-0.3, -0.25) is 14.5 Å². The van der Waals surface area contributed by atoms with Crippen LogP contribution in [0.2, 0.25) is 0 Å². The number of furan rings is 1. The highest BCUT2D eigenvalue weighted by Crippen LogP contribution is 2.43. The molecule has 3 aromatic rings. The van der Waals surface area contributed by atoms with E-state index in [1.165, 1.54) is 34.1 Å². The number of carbonyl (C=O) groups is 2. The van der Waals surface area contributed by atoms with E-state index in [2.05, 4.69) is 10.2 Å². The van der Waals surface area contributed by atoms with E-state index in [4.69, 9.17) is 9.15 Å². The third-order valence-corrected chi connectivity index (χ3v) is 6.52. The Hall–Kier alpha value is -3.11. The van der Waals surface area contributed by atoms with Crippen LogP contribution in [0.4, 0.5) is 5.13 Å². The molecular weight excluding hydrogens is 426 g/mol. The molecule has 10 heteroatoms. The molecule has 0 saturated heterocycles. The second-order valence-electron chi connectivity index (χ2n) is 6.41. The van der Waals surface area contributed by atoms with Gasteiger partial charge in [-0.15, -0.1) is 10.2 Å². The average Bonchev–Trinajstić information content (AvgIpc) is 3.46. The van der Waals surface area contributed by atoms with Crippen molar-refractivity contribution >= 4 is 39.9 Å². The van der Waals surface area contributed by atoms with Crippen LogP contribution in [-0.4, -0.2) is 40.4 Å². The minimum absolute atomic E-state index is 0.0456. The summed E-state index contributed by atoms with van der Waals surface area (Å²) < 4.78 is 11.3. The van der Waals surface area contributed by atoms with E-state index in [0.717, 1.165) is 0 Å². The molecule has 8 nitrogen and oxygen atoms in total. The molecule has 2 aromatic heterocycles. The van der Waals surface area contributed by atoms with Gasteiger partial charge in [0.25, 0.3) is 5.91 Å². The van der Waals surface area contributed by atoms with E-state index in [1.807, 2.05) is 6.26 Å². The first-order valence-corrected chi connectivity index (χ1v) is 10.9. The number of aromatic nitrogens is 2. The molecule has 0 fully saturated rings. The van der Waals surface area contributed by atoms with Crippen molar-refractivity contribution in [2.24, 2.45) is 0 Å². The van der Waals surface area contributed by atoms with Crippen LogP contribution in [0.5, 0.6) is 5.75 Å². The molecule has 154 valence electrons. The Morgan fingerprint density at radius 2 is 1.97 bits per heavy atom. The summed E-state index contributed by atoms with van der Waals surface area (Å²) in [5.41, 5.74) is 0.543. The highest BCUT2D eigenvalue weighted by molar-refractivity contribution is 8.00. The van der Waals surface area contributed by atoms with Gasteiger partial charge in [-0.25, -0.2) is 0 Å². The number of thioether (sulfide) groups is 1. The van der Waals surface area contributed by atoms with Crippen molar-refractivity contribution in [1.82, 2.24) is 10.2 Å². The van der Waals surface area contributed by atoms with Gasteiger partial charge < -0.3 is 14.3 Å². The maximum absolute atomic E-state index is 13.2. The van der Waals surface area contributed by atoms with Crippen molar-refractivity contribution in [3.63, 3.8) is 0 Å². The molecule has 1 aliphatic heterocycles. The predicted octanol–water partition coefficient (Wildman–Crippen LogP) is 3.95. The summed E-state index contributed by atoms with van der Waals surface area (Å²) in [6, 6.07) is 9.20. The van der Waals surface area contributed by atoms with Gasteiger partial charge in [-0.1, -0.05) is 35.2 Å². The Morgan fingerprint density at radius 3 is 2.53 bits per heavy atom. The molecule has 30 heavy (non-hydrogen) atoms. The Bertz CT molecular complexity index is 1150. The number of benzene rings is 1. The second-order valence-corrected chi connectivity index (χ2v) is 8.42. The normalized spacial score (nSPS) is 16.4. The maximum atomic E-state index is 13.2. The topological polar surface area (TPSA) is 106 Å². The fourth-order valence-electron chi connectivity index (χ4n) is 3.21. The second kappa shape index (κ2) is 7.96. The number of aliphatic hydroxyl groups is 1. The van der Waals surface area contributed by atoms with Crippen molar-refractivity contribution in [2.45, 2.75) is 17.3 Å². The number of hydrogen-bond acceptors (Lipinski definition) is 9. The number of ether oxygens (including phenoxy) is 1. The van der Waals surface area contributed by atoms with Crippen LogP contribution in [0.3, 0.4) is 0 Å². The summed E-state index contributed by atoms with van der Waals surface area (Å²) in [6.45, 7) is 1.71. The van der Waals surface area contributed by atoms with Crippen molar-refractivity contribution in [3.05, 3.63) is 64.8 Å². The van der Waals surface area contributed by atoms with E-state index < -0.39 is 23.5 Å². The highest BCUT2D eigenvalue weighted by Gasteiger charge is 2.46. The summed E-state index contributed by atoms with van der Waals surface area (Å²) in [7, 11) is 1.55. The van der Waals surface area contributed by atoms with Crippen LogP contribution in [0, 0.1) is 6.92 Å². The number of anilines is 1. The van der Waals surface area contributed by atoms with Gasteiger partial charge in [-0.05, 0) is 43.0 Å². The summed E-state index contributed by atoms with van der Waals surface area (Å²) >= 11 is 2.60. The Kier molecular flexibility index (Phi) is 5.35. The first-order valence-electron chi connectivity index (χ1n) is 8.84. The number of carbonyl (C=O) groups excluding carboxylic acids is 2. The minimum Gasteiger partial charge on any atom is -0.503 e. The first kappa shape index (κ1) is 20.2. The fraction of sp³-hybridized carbons (Fsp3) is 0.200. The van der Waals surface area contributed by atoms with E-state index in [9.17, 15) is 14.7 Å². The third kappa shape index (κ3) is 3.37. The number of ketones is 1. The smallest absolute Gasteiger partial charge is 0.296 e. The van der Waals surface area contributed by atoms with E-state index >= 15 is 0 Å². The SMILES string of the molecule is COc1ccc([C@@H]2C(C(=O)c3ccc(C)o3)=C(O)C(=O)N2c2nnc(SC)s2)cc1. The van der Waals surface area contributed by atoms with Crippen LogP contribution >= 0.6 is 23.1 Å². The van der Waals surface area contributed by atoms with Gasteiger partial charge in [-0.2, -0.15) is 0 Å². The number of methoxy groups -OCH3 is 1. The molecule has 3 heterocycles. The zero-order chi connectivity index (χ0) is 21.4. The molecule has 1 atom stereocenters. The molecule has 1 aromatic carbocycles. The molecule has 4 rings (SSSR count). The maximum Gasteiger partial charge on any atom is 0.296 e. The molecule has 0 radical (unpaired) electrons. The zero-order valence-corrected chi connectivity index (χ0v) is 17.9.